The zero-order valence-electron chi connectivity index (χ0n) is 11.1. The number of piperazine rings is 1. The van der Waals surface area contributed by atoms with Gasteiger partial charge in [-0.2, -0.15) is 0 Å². The van der Waals surface area contributed by atoms with Gasteiger partial charge in [-0.3, -0.25) is 9.69 Å². The Morgan fingerprint density at radius 2 is 1.62 bits per heavy atom. The van der Waals surface area contributed by atoms with Crippen LogP contribution in [0, 0.1) is 0 Å². The van der Waals surface area contributed by atoms with E-state index in [1.807, 2.05) is 34.6 Å². The monoisotopic (exact) mass is 228 g/mol. The molecule has 0 atom stereocenters. The van der Waals surface area contributed by atoms with E-state index in [0.717, 1.165) is 26.2 Å². The molecule has 4 nitrogen and oxygen atoms in total. The molecule has 1 fully saturated rings. The number of nitrogens with one attached hydrogen (secondary N) is 1. The van der Waals surface area contributed by atoms with Crippen molar-refractivity contribution >= 4 is 5.97 Å². The van der Waals surface area contributed by atoms with Crippen LogP contribution in [0.5, 0.6) is 0 Å². The summed E-state index contributed by atoms with van der Waals surface area (Å²) >= 11 is 0. The lowest BCUT2D eigenvalue weighted by Gasteiger charge is -2.40. The number of rotatable bonds is 2. The molecule has 0 unspecified atom stereocenters. The zero-order chi connectivity index (χ0) is 12.4. The Morgan fingerprint density at radius 3 is 2.06 bits per heavy atom. The van der Waals surface area contributed by atoms with Gasteiger partial charge in [-0.25, -0.2) is 0 Å². The average molecular weight is 228 g/mol. The summed E-state index contributed by atoms with van der Waals surface area (Å²) in [5, 5.41) is 3.28. The van der Waals surface area contributed by atoms with E-state index < -0.39 is 11.1 Å². The molecular formula is C12H24N2O2. The van der Waals surface area contributed by atoms with E-state index in [9.17, 15) is 4.79 Å². The molecule has 1 saturated heterocycles. The fraction of sp³-hybridized carbons (Fsp3) is 0.917. The van der Waals surface area contributed by atoms with Crippen LogP contribution in [0.25, 0.3) is 0 Å². The van der Waals surface area contributed by atoms with E-state index in [4.69, 9.17) is 4.74 Å². The van der Waals surface area contributed by atoms with Gasteiger partial charge in [0.25, 0.3) is 0 Å². The Bertz CT molecular complexity index is 250. The lowest BCUT2D eigenvalue weighted by molar-refractivity contribution is -0.168. The van der Waals surface area contributed by atoms with E-state index in [0.29, 0.717) is 0 Å². The molecule has 0 bridgehead atoms. The first kappa shape index (κ1) is 13.5. The topological polar surface area (TPSA) is 41.6 Å². The van der Waals surface area contributed by atoms with Gasteiger partial charge in [0.2, 0.25) is 0 Å². The maximum atomic E-state index is 12.1. The summed E-state index contributed by atoms with van der Waals surface area (Å²) in [5.74, 6) is -0.137. The van der Waals surface area contributed by atoms with Gasteiger partial charge < -0.3 is 10.1 Å². The van der Waals surface area contributed by atoms with Gasteiger partial charge in [-0.15, -0.1) is 0 Å². The molecule has 94 valence electrons. The van der Waals surface area contributed by atoms with Crippen LogP contribution < -0.4 is 5.32 Å². The molecule has 0 aliphatic carbocycles. The standard InChI is InChI=1S/C12H24N2O2/c1-11(2,3)16-10(15)12(4,5)14-8-6-13-7-9-14/h13H,6-9H2,1-5H3. The number of hydrogen-bond acceptors (Lipinski definition) is 4. The smallest absolute Gasteiger partial charge is 0.326 e. The molecule has 1 aliphatic rings. The second-order valence-corrected chi connectivity index (χ2v) is 5.80. The fourth-order valence-electron chi connectivity index (χ4n) is 1.76. The number of nitrogens with zero attached hydrogens (tertiary/aromatic N) is 1. The molecular weight excluding hydrogens is 204 g/mol. The third-order valence-corrected chi connectivity index (χ3v) is 2.81. The summed E-state index contributed by atoms with van der Waals surface area (Å²) in [6.07, 6.45) is 0. The molecule has 16 heavy (non-hydrogen) atoms. The number of hydrogen-bond donors (Lipinski definition) is 1. The second-order valence-electron chi connectivity index (χ2n) is 5.80. The Balaban J connectivity index is 2.64. The normalized spacial score (nSPS) is 19.6. The molecule has 0 amide bonds. The first-order valence-electron chi connectivity index (χ1n) is 5.93. The molecule has 1 N–H and O–H groups in total. The minimum Gasteiger partial charge on any atom is -0.459 e. The van der Waals surface area contributed by atoms with Gasteiger partial charge in [0.15, 0.2) is 0 Å². The molecule has 1 aliphatic heterocycles. The Labute approximate surface area is 98.3 Å². The summed E-state index contributed by atoms with van der Waals surface area (Å²) in [5.41, 5.74) is -0.947. The number of ether oxygens (including phenoxy) is 1. The molecule has 1 rings (SSSR count). The minimum atomic E-state index is -0.532. The summed E-state index contributed by atoms with van der Waals surface area (Å²) < 4.78 is 5.45. The van der Waals surface area contributed by atoms with E-state index in [-0.39, 0.29) is 5.97 Å². The van der Waals surface area contributed by atoms with Crippen molar-refractivity contribution in [2.45, 2.75) is 45.8 Å². The van der Waals surface area contributed by atoms with E-state index in [1.165, 1.54) is 0 Å². The van der Waals surface area contributed by atoms with Gasteiger partial charge in [-0.1, -0.05) is 0 Å². The van der Waals surface area contributed by atoms with Crippen molar-refractivity contribution in [2.24, 2.45) is 0 Å². The van der Waals surface area contributed by atoms with Crippen LogP contribution in [0.3, 0.4) is 0 Å². The predicted molar refractivity (Wildman–Crippen MR) is 64.4 cm³/mol. The highest BCUT2D eigenvalue weighted by molar-refractivity contribution is 5.80. The van der Waals surface area contributed by atoms with Gasteiger partial charge in [0, 0.05) is 26.2 Å². The number of esters is 1. The molecule has 0 radical (unpaired) electrons. The van der Waals surface area contributed by atoms with Crippen molar-refractivity contribution in [3.8, 4) is 0 Å². The first-order valence-corrected chi connectivity index (χ1v) is 5.93. The highest BCUT2D eigenvalue weighted by Crippen LogP contribution is 2.20. The van der Waals surface area contributed by atoms with Crippen LogP contribution in [0.1, 0.15) is 34.6 Å². The molecule has 0 aromatic carbocycles. The number of carbonyl (C=O) groups is 1. The van der Waals surface area contributed by atoms with E-state index in [1.54, 1.807) is 0 Å². The van der Waals surface area contributed by atoms with Crippen LogP contribution in [0.4, 0.5) is 0 Å². The minimum absolute atomic E-state index is 0.137. The molecule has 0 saturated carbocycles. The SMILES string of the molecule is CC(C)(C)OC(=O)C(C)(C)N1CCNCC1. The molecule has 4 heteroatoms. The Hall–Kier alpha value is -0.610. The Kier molecular flexibility index (Phi) is 3.97. The summed E-state index contributed by atoms with van der Waals surface area (Å²) in [6.45, 7) is 13.2. The van der Waals surface area contributed by atoms with Crippen molar-refractivity contribution in [2.75, 3.05) is 26.2 Å². The van der Waals surface area contributed by atoms with Crippen molar-refractivity contribution < 1.29 is 9.53 Å². The summed E-state index contributed by atoms with van der Waals surface area (Å²) in [6, 6.07) is 0. The summed E-state index contributed by atoms with van der Waals surface area (Å²) in [4.78, 5) is 14.3. The van der Waals surface area contributed by atoms with Crippen molar-refractivity contribution in [3.05, 3.63) is 0 Å². The number of carbonyl (C=O) groups excluding carboxylic acids is 1. The quantitative estimate of drug-likeness (QED) is 0.716. The van der Waals surface area contributed by atoms with Gasteiger partial charge in [0.1, 0.15) is 11.1 Å². The van der Waals surface area contributed by atoms with Gasteiger partial charge >= 0.3 is 5.97 Å². The zero-order valence-corrected chi connectivity index (χ0v) is 11.1. The lowest BCUT2D eigenvalue weighted by atomic mass is 10.0. The van der Waals surface area contributed by atoms with Crippen LogP contribution in [-0.2, 0) is 9.53 Å². The van der Waals surface area contributed by atoms with Crippen molar-refractivity contribution in [3.63, 3.8) is 0 Å². The summed E-state index contributed by atoms with van der Waals surface area (Å²) in [7, 11) is 0. The fourth-order valence-corrected chi connectivity index (χ4v) is 1.76. The van der Waals surface area contributed by atoms with E-state index in [2.05, 4.69) is 10.2 Å². The van der Waals surface area contributed by atoms with Crippen molar-refractivity contribution in [1.29, 1.82) is 0 Å². The predicted octanol–water partition coefficient (Wildman–Crippen LogP) is 1.01. The van der Waals surface area contributed by atoms with Crippen LogP contribution in [-0.4, -0.2) is 48.2 Å². The third-order valence-electron chi connectivity index (χ3n) is 2.81. The maximum Gasteiger partial charge on any atom is 0.326 e. The maximum absolute atomic E-state index is 12.1. The van der Waals surface area contributed by atoms with Crippen LogP contribution in [0.15, 0.2) is 0 Å². The largest absolute Gasteiger partial charge is 0.459 e. The van der Waals surface area contributed by atoms with E-state index >= 15 is 0 Å². The lowest BCUT2D eigenvalue weighted by Crippen LogP contribution is -2.58. The van der Waals surface area contributed by atoms with Crippen LogP contribution >= 0.6 is 0 Å². The van der Waals surface area contributed by atoms with Gasteiger partial charge in [-0.05, 0) is 34.6 Å². The average Bonchev–Trinajstić information content (AvgIpc) is 2.16. The van der Waals surface area contributed by atoms with Gasteiger partial charge in [0.05, 0.1) is 0 Å². The second kappa shape index (κ2) is 4.72. The highest BCUT2D eigenvalue weighted by atomic mass is 16.6. The highest BCUT2D eigenvalue weighted by Gasteiger charge is 2.38. The Morgan fingerprint density at radius 1 is 1.12 bits per heavy atom. The van der Waals surface area contributed by atoms with Crippen molar-refractivity contribution in [1.82, 2.24) is 10.2 Å². The first-order chi connectivity index (χ1) is 7.23. The molecule has 0 spiro atoms. The molecule has 0 aromatic rings. The third kappa shape index (κ3) is 3.46. The molecule has 1 heterocycles. The molecule has 0 aromatic heterocycles. The van der Waals surface area contributed by atoms with Crippen LogP contribution in [0.2, 0.25) is 0 Å².